The Hall–Kier alpha value is -0.800. The zero-order valence-electron chi connectivity index (χ0n) is 10.8. The minimum Gasteiger partial charge on any atom is -0.468 e. The number of furan rings is 1. The highest BCUT2D eigenvalue weighted by molar-refractivity contribution is 5.11. The third-order valence-electron chi connectivity index (χ3n) is 3.84. The highest BCUT2D eigenvalue weighted by Gasteiger charge is 2.42. The van der Waals surface area contributed by atoms with E-state index in [1.807, 2.05) is 19.1 Å². The normalized spacial score (nSPS) is 31.4. The van der Waals surface area contributed by atoms with E-state index in [2.05, 4.69) is 6.92 Å². The molecule has 0 aromatic carbocycles. The van der Waals surface area contributed by atoms with Gasteiger partial charge in [-0.1, -0.05) is 19.8 Å². The SMILES string of the molecule is CCOC1(C(N)c2ccco2)CCCC(C)C1. The van der Waals surface area contributed by atoms with Crippen LogP contribution in [0, 0.1) is 5.92 Å². The molecule has 2 N–H and O–H groups in total. The van der Waals surface area contributed by atoms with Crippen molar-refractivity contribution in [1.29, 1.82) is 0 Å². The molecule has 17 heavy (non-hydrogen) atoms. The van der Waals surface area contributed by atoms with Crippen molar-refractivity contribution in [2.75, 3.05) is 6.61 Å². The Morgan fingerprint density at radius 2 is 2.47 bits per heavy atom. The van der Waals surface area contributed by atoms with Crippen LogP contribution in [-0.4, -0.2) is 12.2 Å². The molecule has 0 aliphatic heterocycles. The zero-order chi connectivity index (χ0) is 12.3. The van der Waals surface area contributed by atoms with Crippen LogP contribution in [0.3, 0.4) is 0 Å². The molecule has 0 saturated heterocycles. The average Bonchev–Trinajstić information content (AvgIpc) is 2.81. The standard InChI is InChI=1S/C14H23NO2/c1-3-17-14(8-4-6-11(2)10-14)13(15)12-7-5-9-16-12/h5,7,9,11,13H,3-4,6,8,10,15H2,1-2H3. The fraction of sp³-hybridized carbons (Fsp3) is 0.714. The van der Waals surface area contributed by atoms with Gasteiger partial charge in [0.15, 0.2) is 0 Å². The number of nitrogens with two attached hydrogens (primary N) is 1. The van der Waals surface area contributed by atoms with Gasteiger partial charge in [-0.3, -0.25) is 0 Å². The van der Waals surface area contributed by atoms with Crippen LogP contribution in [0.1, 0.15) is 51.3 Å². The maximum absolute atomic E-state index is 6.38. The molecule has 3 heteroatoms. The predicted molar refractivity (Wildman–Crippen MR) is 67.6 cm³/mol. The monoisotopic (exact) mass is 237 g/mol. The van der Waals surface area contributed by atoms with Gasteiger partial charge >= 0.3 is 0 Å². The topological polar surface area (TPSA) is 48.4 Å². The van der Waals surface area contributed by atoms with Crippen LogP contribution in [0.25, 0.3) is 0 Å². The van der Waals surface area contributed by atoms with Crippen molar-refractivity contribution < 1.29 is 9.15 Å². The molecule has 1 aromatic rings. The van der Waals surface area contributed by atoms with Crippen LogP contribution in [-0.2, 0) is 4.74 Å². The fourth-order valence-electron chi connectivity index (χ4n) is 3.06. The molecular formula is C14H23NO2. The summed E-state index contributed by atoms with van der Waals surface area (Å²) in [5, 5.41) is 0. The lowest BCUT2D eigenvalue weighted by Crippen LogP contribution is -2.47. The van der Waals surface area contributed by atoms with Crippen molar-refractivity contribution in [1.82, 2.24) is 0 Å². The third kappa shape index (κ3) is 2.55. The van der Waals surface area contributed by atoms with Gasteiger partial charge in [-0.2, -0.15) is 0 Å². The van der Waals surface area contributed by atoms with Gasteiger partial charge in [0.05, 0.1) is 17.9 Å². The van der Waals surface area contributed by atoms with Crippen molar-refractivity contribution in [2.45, 2.75) is 51.2 Å². The minimum absolute atomic E-state index is 0.153. The second kappa shape index (κ2) is 5.23. The molecule has 96 valence electrons. The van der Waals surface area contributed by atoms with Crippen molar-refractivity contribution in [3.8, 4) is 0 Å². The molecule has 3 nitrogen and oxygen atoms in total. The lowest BCUT2D eigenvalue weighted by Gasteiger charge is -2.43. The molecule has 1 saturated carbocycles. The Balaban J connectivity index is 2.20. The zero-order valence-corrected chi connectivity index (χ0v) is 10.8. The van der Waals surface area contributed by atoms with E-state index in [0.717, 1.165) is 18.6 Å². The van der Waals surface area contributed by atoms with Gasteiger partial charge in [-0.25, -0.2) is 0 Å². The van der Waals surface area contributed by atoms with E-state index in [9.17, 15) is 0 Å². The molecule has 0 amide bonds. The Morgan fingerprint density at radius 1 is 1.65 bits per heavy atom. The summed E-state index contributed by atoms with van der Waals surface area (Å²) >= 11 is 0. The molecule has 0 radical (unpaired) electrons. The van der Waals surface area contributed by atoms with Gasteiger partial charge in [0, 0.05) is 6.61 Å². The molecule has 2 rings (SSSR count). The second-order valence-electron chi connectivity index (χ2n) is 5.19. The van der Waals surface area contributed by atoms with Crippen LogP contribution in [0.15, 0.2) is 22.8 Å². The van der Waals surface area contributed by atoms with Crippen LogP contribution in [0.2, 0.25) is 0 Å². The molecule has 3 unspecified atom stereocenters. The lowest BCUT2D eigenvalue weighted by atomic mass is 9.74. The van der Waals surface area contributed by atoms with Crippen molar-refractivity contribution in [3.63, 3.8) is 0 Å². The van der Waals surface area contributed by atoms with Crippen LogP contribution < -0.4 is 5.73 Å². The summed E-state index contributed by atoms with van der Waals surface area (Å²) in [7, 11) is 0. The van der Waals surface area contributed by atoms with E-state index < -0.39 is 0 Å². The largest absolute Gasteiger partial charge is 0.468 e. The van der Waals surface area contributed by atoms with E-state index in [-0.39, 0.29) is 11.6 Å². The summed E-state index contributed by atoms with van der Waals surface area (Å²) in [6, 6.07) is 3.69. The summed E-state index contributed by atoms with van der Waals surface area (Å²) in [5.74, 6) is 1.52. The summed E-state index contributed by atoms with van der Waals surface area (Å²) in [5.41, 5.74) is 6.15. The van der Waals surface area contributed by atoms with Crippen molar-refractivity contribution in [3.05, 3.63) is 24.2 Å². The van der Waals surface area contributed by atoms with E-state index in [0.29, 0.717) is 12.5 Å². The Morgan fingerprint density at radius 3 is 3.06 bits per heavy atom. The molecule has 1 aliphatic rings. The first-order valence-electron chi connectivity index (χ1n) is 6.61. The molecule has 0 spiro atoms. The minimum atomic E-state index is -0.232. The molecular weight excluding hydrogens is 214 g/mol. The maximum Gasteiger partial charge on any atom is 0.123 e. The number of ether oxygens (including phenoxy) is 1. The smallest absolute Gasteiger partial charge is 0.123 e. The molecule has 1 heterocycles. The fourth-order valence-corrected chi connectivity index (χ4v) is 3.06. The van der Waals surface area contributed by atoms with Crippen molar-refractivity contribution >= 4 is 0 Å². The molecule has 0 bridgehead atoms. The molecule has 1 aromatic heterocycles. The first-order chi connectivity index (χ1) is 8.18. The van der Waals surface area contributed by atoms with E-state index in [1.54, 1.807) is 6.26 Å². The Bertz CT molecular complexity index is 332. The maximum atomic E-state index is 6.38. The quantitative estimate of drug-likeness (QED) is 0.874. The highest BCUT2D eigenvalue weighted by Crippen LogP contribution is 2.42. The summed E-state index contributed by atoms with van der Waals surface area (Å²) < 4.78 is 11.5. The molecule has 3 atom stereocenters. The number of hydrogen-bond acceptors (Lipinski definition) is 3. The van der Waals surface area contributed by atoms with Crippen LogP contribution in [0.5, 0.6) is 0 Å². The Kier molecular flexibility index (Phi) is 3.89. The van der Waals surface area contributed by atoms with Gasteiger partial charge in [-0.15, -0.1) is 0 Å². The first-order valence-corrected chi connectivity index (χ1v) is 6.61. The van der Waals surface area contributed by atoms with Gasteiger partial charge in [0.2, 0.25) is 0 Å². The van der Waals surface area contributed by atoms with Gasteiger partial charge in [-0.05, 0) is 37.8 Å². The Labute approximate surface area is 103 Å². The molecule has 1 aliphatic carbocycles. The van der Waals surface area contributed by atoms with Gasteiger partial charge in [0.1, 0.15) is 5.76 Å². The van der Waals surface area contributed by atoms with Crippen LogP contribution in [0.4, 0.5) is 0 Å². The summed E-state index contributed by atoms with van der Waals surface area (Å²) in [6.07, 6.45) is 6.21. The van der Waals surface area contributed by atoms with Gasteiger partial charge < -0.3 is 14.9 Å². The van der Waals surface area contributed by atoms with Gasteiger partial charge in [0.25, 0.3) is 0 Å². The third-order valence-corrected chi connectivity index (χ3v) is 3.84. The van der Waals surface area contributed by atoms with Crippen molar-refractivity contribution in [2.24, 2.45) is 11.7 Å². The first kappa shape index (κ1) is 12.7. The van der Waals surface area contributed by atoms with Crippen LogP contribution >= 0.6 is 0 Å². The van der Waals surface area contributed by atoms with E-state index in [1.165, 1.54) is 12.8 Å². The average molecular weight is 237 g/mol. The van der Waals surface area contributed by atoms with E-state index >= 15 is 0 Å². The number of rotatable bonds is 4. The lowest BCUT2D eigenvalue weighted by molar-refractivity contribution is -0.0972. The van der Waals surface area contributed by atoms with E-state index in [4.69, 9.17) is 14.9 Å². The highest BCUT2D eigenvalue weighted by atomic mass is 16.5. The summed E-state index contributed by atoms with van der Waals surface area (Å²) in [4.78, 5) is 0. The predicted octanol–water partition coefficient (Wildman–Crippen LogP) is 3.26. The molecule has 1 fully saturated rings. The second-order valence-corrected chi connectivity index (χ2v) is 5.19. The number of hydrogen-bond donors (Lipinski definition) is 1. The summed E-state index contributed by atoms with van der Waals surface area (Å²) in [6.45, 7) is 5.03.